The van der Waals surface area contributed by atoms with Gasteiger partial charge in [-0.05, 0) is 56.5 Å². The lowest BCUT2D eigenvalue weighted by Crippen LogP contribution is -2.19. The van der Waals surface area contributed by atoms with Gasteiger partial charge < -0.3 is 4.90 Å². The number of nitrogens with zero attached hydrogens (tertiary/aromatic N) is 5. The highest BCUT2D eigenvalue weighted by Gasteiger charge is 2.15. The monoisotopic (exact) mass is 365 g/mol. The van der Waals surface area contributed by atoms with Gasteiger partial charge in [0, 0.05) is 19.2 Å². The Morgan fingerprint density at radius 2 is 1.73 bits per heavy atom. The van der Waals surface area contributed by atoms with Gasteiger partial charge in [0.05, 0.1) is 22.4 Å². The van der Waals surface area contributed by atoms with Crippen LogP contribution in [0.1, 0.15) is 35.6 Å². The molecule has 0 radical (unpaired) electrons. The van der Waals surface area contributed by atoms with Crippen molar-refractivity contribution in [1.82, 2.24) is 19.9 Å². The average molecular weight is 366 g/mol. The maximum absolute atomic E-state index is 6.20. The van der Waals surface area contributed by atoms with Crippen LogP contribution in [0.25, 0.3) is 23.2 Å². The summed E-state index contributed by atoms with van der Waals surface area (Å²) in [6.07, 6.45) is 6.14. The Bertz CT molecular complexity index is 993. The van der Waals surface area contributed by atoms with Crippen molar-refractivity contribution in [1.29, 1.82) is 0 Å². The van der Waals surface area contributed by atoms with Crippen LogP contribution in [0.15, 0.2) is 24.3 Å². The molecule has 1 saturated heterocycles. The molecular formula is C20H20ClN5. The first-order valence-corrected chi connectivity index (χ1v) is 9.19. The third-order valence-electron chi connectivity index (χ3n) is 4.55. The molecule has 6 heteroatoms. The molecule has 1 aliphatic rings. The van der Waals surface area contributed by atoms with Gasteiger partial charge >= 0.3 is 0 Å². The molecule has 0 spiro atoms. The number of anilines is 1. The minimum Gasteiger partial charge on any atom is -0.356 e. The van der Waals surface area contributed by atoms with Crippen LogP contribution >= 0.6 is 11.6 Å². The summed E-state index contributed by atoms with van der Waals surface area (Å²) < 4.78 is 0. The summed E-state index contributed by atoms with van der Waals surface area (Å²) in [5, 5.41) is 0.457. The molecule has 1 fully saturated rings. The Morgan fingerprint density at radius 1 is 0.923 bits per heavy atom. The van der Waals surface area contributed by atoms with Crippen LogP contribution in [-0.4, -0.2) is 33.0 Å². The van der Waals surface area contributed by atoms with Crippen LogP contribution in [0, 0.1) is 13.8 Å². The van der Waals surface area contributed by atoms with Gasteiger partial charge in [-0.15, -0.1) is 0 Å². The van der Waals surface area contributed by atoms with Gasteiger partial charge in [-0.25, -0.2) is 19.9 Å². The maximum atomic E-state index is 6.20. The van der Waals surface area contributed by atoms with E-state index in [1.165, 1.54) is 18.4 Å². The predicted octanol–water partition coefficient (Wildman–Crippen LogP) is 4.46. The van der Waals surface area contributed by atoms with Gasteiger partial charge in [0.2, 0.25) is 0 Å². The summed E-state index contributed by atoms with van der Waals surface area (Å²) in [6, 6.07) is 7.92. The molecule has 0 atom stereocenters. The van der Waals surface area contributed by atoms with Crippen molar-refractivity contribution < 1.29 is 0 Å². The Morgan fingerprint density at radius 3 is 2.54 bits per heavy atom. The Balaban J connectivity index is 1.67. The maximum Gasteiger partial charge on any atom is 0.156 e. The zero-order chi connectivity index (χ0) is 18.1. The zero-order valence-electron chi connectivity index (χ0n) is 14.9. The molecule has 26 heavy (non-hydrogen) atoms. The second-order valence-electron chi connectivity index (χ2n) is 6.62. The molecule has 0 bridgehead atoms. The number of halogens is 1. The van der Waals surface area contributed by atoms with E-state index < -0.39 is 0 Å². The first-order chi connectivity index (χ1) is 12.6. The lowest BCUT2D eigenvalue weighted by Gasteiger charge is -2.16. The predicted molar refractivity (Wildman–Crippen MR) is 106 cm³/mol. The van der Waals surface area contributed by atoms with Crippen molar-refractivity contribution >= 4 is 40.6 Å². The molecule has 1 aliphatic heterocycles. The van der Waals surface area contributed by atoms with Crippen LogP contribution in [0.3, 0.4) is 0 Å². The van der Waals surface area contributed by atoms with Crippen molar-refractivity contribution in [2.45, 2.75) is 26.7 Å². The molecule has 132 valence electrons. The molecule has 0 unspecified atom stereocenters. The third kappa shape index (κ3) is 3.53. The molecule has 3 aromatic rings. The molecule has 4 rings (SSSR count). The lowest BCUT2D eigenvalue weighted by atomic mass is 10.2. The van der Waals surface area contributed by atoms with E-state index in [1.807, 2.05) is 43.3 Å². The highest BCUT2D eigenvalue weighted by Crippen LogP contribution is 2.22. The first kappa shape index (κ1) is 16.9. The van der Waals surface area contributed by atoms with E-state index in [0.29, 0.717) is 11.0 Å². The molecular weight excluding hydrogens is 346 g/mol. The van der Waals surface area contributed by atoms with E-state index in [9.17, 15) is 0 Å². The quantitative estimate of drug-likeness (QED) is 0.641. The van der Waals surface area contributed by atoms with Crippen molar-refractivity contribution in [3.63, 3.8) is 0 Å². The number of fused-ring (bicyclic) bond motifs is 1. The summed E-state index contributed by atoms with van der Waals surface area (Å²) in [4.78, 5) is 20.6. The molecule has 0 amide bonds. The topological polar surface area (TPSA) is 54.8 Å². The van der Waals surface area contributed by atoms with Gasteiger partial charge in [0.1, 0.15) is 11.0 Å². The molecule has 0 aliphatic carbocycles. The van der Waals surface area contributed by atoms with Crippen molar-refractivity contribution in [3.05, 3.63) is 52.2 Å². The summed E-state index contributed by atoms with van der Waals surface area (Å²) >= 11 is 6.20. The van der Waals surface area contributed by atoms with Crippen LogP contribution in [-0.2, 0) is 0 Å². The lowest BCUT2D eigenvalue weighted by molar-refractivity contribution is 0.923. The Labute approximate surface area is 157 Å². The van der Waals surface area contributed by atoms with Gasteiger partial charge in [-0.3, -0.25) is 0 Å². The van der Waals surface area contributed by atoms with E-state index in [-0.39, 0.29) is 0 Å². The van der Waals surface area contributed by atoms with Gasteiger partial charge in [-0.2, -0.15) is 0 Å². The molecule has 0 saturated carbocycles. The highest BCUT2D eigenvalue weighted by atomic mass is 35.5. The summed E-state index contributed by atoms with van der Waals surface area (Å²) in [7, 11) is 0. The van der Waals surface area contributed by atoms with Crippen molar-refractivity contribution in [2.75, 3.05) is 18.0 Å². The zero-order valence-corrected chi connectivity index (χ0v) is 15.7. The summed E-state index contributed by atoms with van der Waals surface area (Å²) in [5.74, 6) is 1.48. The minimum atomic E-state index is 0.457. The molecule has 3 heterocycles. The highest BCUT2D eigenvalue weighted by molar-refractivity contribution is 6.29. The number of aromatic nitrogens is 4. The second-order valence-corrected chi connectivity index (χ2v) is 7.01. The Kier molecular flexibility index (Phi) is 4.55. The van der Waals surface area contributed by atoms with Crippen LogP contribution in [0.4, 0.5) is 5.82 Å². The number of rotatable bonds is 3. The second kappa shape index (κ2) is 7.00. The first-order valence-electron chi connectivity index (χ1n) is 8.81. The Hall–Kier alpha value is -2.53. The number of benzene rings is 1. The fraction of sp³-hybridized carbons (Fsp3) is 0.300. The van der Waals surface area contributed by atoms with Crippen molar-refractivity contribution in [3.8, 4) is 0 Å². The standard InChI is InChI=1S/C20H20ClN5/c1-13-5-6-16-17(11-13)23-15(14(2)22-16)7-8-19-24-18(21)12-20(25-19)26-9-3-4-10-26/h5-8,11-12H,3-4,9-10H2,1-2H3/b8-7+. The van der Waals surface area contributed by atoms with Crippen LogP contribution < -0.4 is 4.90 Å². The SMILES string of the molecule is Cc1ccc2nc(C)c(/C=C/c3nc(Cl)cc(N4CCCC4)n3)nc2c1. The number of aryl methyl sites for hydroxylation is 2. The van der Waals surface area contributed by atoms with E-state index in [1.54, 1.807) is 0 Å². The fourth-order valence-electron chi connectivity index (χ4n) is 3.18. The van der Waals surface area contributed by atoms with Crippen LogP contribution in [0.2, 0.25) is 5.15 Å². The van der Waals surface area contributed by atoms with Crippen molar-refractivity contribution in [2.24, 2.45) is 0 Å². The molecule has 0 N–H and O–H groups in total. The van der Waals surface area contributed by atoms with E-state index in [2.05, 4.69) is 26.8 Å². The van der Waals surface area contributed by atoms with E-state index >= 15 is 0 Å². The molecule has 1 aromatic carbocycles. The fourth-order valence-corrected chi connectivity index (χ4v) is 3.37. The molecule has 2 aromatic heterocycles. The van der Waals surface area contributed by atoms with E-state index in [0.717, 1.165) is 41.3 Å². The largest absolute Gasteiger partial charge is 0.356 e. The average Bonchev–Trinajstić information content (AvgIpc) is 3.14. The van der Waals surface area contributed by atoms with Gasteiger partial charge in [0.15, 0.2) is 5.82 Å². The van der Waals surface area contributed by atoms with Gasteiger partial charge in [0.25, 0.3) is 0 Å². The van der Waals surface area contributed by atoms with Crippen LogP contribution in [0.5, 0.6) is 0 Å². The normalized spacial score (nSPS) is 14.7. The van der Waals surface area contributed by atoms with Gasteiger partial charge in [-0.1, -0.05) is 17.7 Å². The van der Waals surface area contributed by atoms with E-state index in [4.69, 9.17) is 16.6 Å². The minimum absolute atomic E-state index is 0.457. The number of hydrogen-bond acceptors (Lipinski definition) is 5. The summed E-state index contributed by atoms with van der Waals surface area (Å²) in [5.41, 5.74) is 4.65. The molecule has 5 nitrogen and oxygen atoms in total. The third-order valence-corrected chi connectivity index (χ3v) is 4.74. The smallest absolute Gasteiger partial charge is 0.156 e. The summed E-state index contributed by atoms with van der Waals surface area (Å²) in [6.45, 7) is 6.05. The number of hydrogen-bond donors (Lipinski definition) is 0.